The van der Waals surface area contributed by atoms with E-state index >= 15 is 0 Å². The molecule has 4 heteroatoms. The normalized spacial score (nSPS) is 10.5. The monoisotopic (exact) mass is 257 g/mol. The summed E-state index contributed by atoms with van der Waals surface area (Å²) in [6, 6.07) is 7.62. The Kier molecular flexibility index (Phi) is 4.00. The third kappa shape index (κ3) is 3.44. The van der Waals surface area contributed by atoms with Crippen molar-refractivity contribution in [3.63, 3.8) is 0 Å². The van der Waals surface area contributed by atoms with Gasteiger partial charge in [-0.25, -0.2) is 4.98 Å². The number of benzene rings is 1. The number of anilines is 2. The summed E-state index contributed by atoms with van der Waals surface area (Å²) >= 11 is 0. The van der Waals surface area contributed by atoms with Crippen molar-refractivity contribution in [2.24, 2.45) is 0 Å². The average Bonchev–Trinajstić information content (AvgIpc) is 2.33. The number of aromatic nitrogens is 2. The van der Waals surface area contributed by atoms with Crippen LogP contribution in [0.4, 0.5) is 11.6 Å². The minimum atomic E-state index is -0.121. The summed E-state index contributed by atoms with van der Waals surface area (Å²) in [4.78, 5) is 18.7. The molecule has 100 valence electrons. The van der Waals surface area contributed by atoms with Gasteiger partial charge in [0.1, 0.15) is 0 Å². The molecule has 0 spiro atoms. The van der Waals surface area contributed by atoms with Gasteiger partial charge in [0.2, 0.25) is 5.95 Å². The molecule has 1 heterocycles. The van der Waals surface area contributed by atoms with Crippen LogP contribution in [-0.2, 0) is 6.42 Å². The zero-order chi connectivity index (χ0) is 13.8. The molecule has 0 amide bonds. The van der Waals surface area contributed by atoms with Gasteiger partial charge in [-0.3, -0.25) is 9.78 Å². The van der Waals surface area contributed by atoms with E-state index in [1.165, 1.54) is 11.1 Å². The van der Waals surface area contributed by atoms with E-state index in [2.05, 4.69) is 36.1 Å². The largest absolute Gasteiger partial charge is 0.326 e. The van der Waals surface area contributed by atoms with Crippen molar-refractivity contribution in [2.45, 2.75) is 33.6 Å². The smallest absolute Gasteiger partial charge is 0.252 e. The van der Waals surface area contributed by atoms with Gasteiger partial charge in [0.05, 0.1) is 0 Å². The van der Waals surface area contributed by atoms with Crippen LogP contribution < -0.4 is 10.9 Å². The van der Waals surface area contributed by atoms with E-state index in [0.717, 1.165) is 24.2 Å². The predicted octanol–water partition coefficient (Wildman–Crippen LogP) is 3.08. The number of H-pyrrole nitrogens is 1. The third-order valence-electron chi connectivity index (χ3n) is 3.07. The maximum absolute atomic E-state index is 11.6. The van der Waals surface area contributed by atoms with Gasteiger partial charge in [-0.15, -0.1) is 0 Å². The van der Waals surface area contributed by atoms with Crippen LogP contribution in [0.5, 0.6) is 0 Å². The van der Waals surface area contributed by atoms with Gasteiger partial charge in [-0.05, 0) is 43.5 Å². The molecular weight excluding hydrogens is 238 g/mol. The molecule has 2 N–H and O–H groups in total. The molecule has 0 unspecified atom stereocenters. The topological polar surface area (TPSA) is 57.8 Å². The molecule has 1 aromatic heterocycles. The van der Waals surface area contributed by atoms with E-state index in [1.807, 2.05) is 18.2 Å². The minimum Gasteiger partial charge on any atom is -0.326 e. The maximum Gasteiger partial charge on any atom is 0.252 e. The lowest BCUT2D eigenvalue weighted by atomic mass is 10.1. The lowest BCUT2D eigenvalue weighted by molar-refractivity contribution is 0.870. The number of nitrogens with zero attached hydrogens (tertiary/aromatic N) is 1. The highest BCUT2D eigenvalue weighted by molar-refractivity contribution is 5.55. The molecule has 0 aliphatic carbocycles. The molecule has 0 fully saturated rings. The summed E-state index contributed by atoms with van der Waals surface area (Å²) in [6.45, 7) is 6.20. The zero-order valence-corrected chi connectivity index (χ0v) is 11.6. The maximum atomic E-state index is 11.6. The van der Waals surface area contributed by atoms with Crippen molar-refractivity contribution in [3.8, 4) is 0 Å². The summed E-state index contributed by atoms with van der Waals surface area (Å²) in [5.74, 6) is 0.499. The van der Waals surface area contributed by atoms with E-state index in [1.54, 1.807) is 6.07 Å². The van der Waals surface area contributed by atoms with Crippen molar-refractivity contribution in [3.05, 3.63) is 51.4 Å². The van der Waals surface area contributed by atoms with Gasteiger partial charge >= 0.3 is 0 Å². The van der Waals surface area contributed by atoms with E-state index in [4.69, 9.17) is 0 Å². The van der Waals surface area contributed by atoms with Crippen molar-refractivity contribution in [2.75, 3.05) is 5.32 Å². The number of aromatic amines is 1. The van der Waals surface area contributed by atoms with Gasteiger partial charge in [-0.2, -0.15) is 0 Å². The van der Waals surface area contributed by atoms with Gasteiger partial charge in [0, 0.05) is 17.4 Å². The highest BCUT2D eigenvalue weighted by Crippen LogP contribution is 2.16. The Bertz CT molecular complexity index is 632. The van der Waals surface area contributed by atoms with Crippen molar-refractivity contribution in [1.82, 2.24) is 9.97 Å². The highest BCUT2D eigenvalue weighted by atomic mass is 16.1. The van der Waals surface area contributed by atoms with E-state index in [-0.39, 0.29) is 5.56 Å². The molecule has 0 radical (unpaired) electrons. The summed E-state index contributed by atoms with van der Waals surface area (Å²) in [5.41, 5.74) is 4.08. The van der Waals surface area contributed by atoms with Crippen molar-refractivity contribution >= 4 is 11.6 Å². The van der Waals surface area contributed by atoms with Crippen LogP contribution in [0.2, 0.25) is 0 Å². The molecule has 0 aliphatic rings. The molecule has 1 aromatic carbocycles. The first-order valence-corrected chi connectivity index (χ1v) is 6.53. The van der Waals surface area contributed by atoms with E-state index < -0.39 is 0 Å². The average molecular weight is 257 g/mol. The molecule has 2 aromatic rings. The van der Waals surface area contributed by atoms with Crippen LogP contribution in [0.3, 0.4) is 0 Å². The fourth-order valence-electron chi connectivity index (χ4n) is 1.91. The highest BCUT2D eigenvalue weighted by Gasteiger charge is 2.02. The molecule has 0 saturated carbocycles. The van der Waals surface area contributed by atoms with E-state index in [9.17, 15) is 4.79 Å². The molecule has 2 rings (SSSR count). The lowest BCUT2D eigenvalue weighted by Gasteiger charge is -2.08. The van der Waals surface area contributed by atoms with Crippen LogP contribution >= 0.6 is 0 Å². The lowest BCUT2D eigenvalue weighted by Crippen LogP contribution is -2.12. The molecule has 4 nitrogen and oxygen atoms in total. The molecular formula is C15H19N3O. The molecule has 19 heavy (non-hydrogen) atoms. The molecule has 0 aliphatic heterocycles. The summed E-state index contributed by atoms with van der Waals surface area (Å²) in [7, 11) is 0. The Balaban J connectivity index is 2.27. The second kappa shape index (κ2) is 5.69. The Hall–Kier alpha value is -2.10. The minimum absolute atomic E-state index is 0.121. The van der Waals surface area contributed by atoms with Gasteiger partial charge in [0.25, 0.3) is 5.56 Å². The van der Waals surface area contributed by atoms with Crippen LogP contribution in [0.25, 0.3) is 0 Å². The predicted molar refractivity (Wildman–Crippen MR) is 78.1 cm³/mol. The number of aryl methyl sites for hydroxylation is 3. The van der Waals surface area contributed by atoms with Crippen molar-refractivity contribution in [1.29, 1.82) is 0 Å². The number of hydrogen-bond donors (Lipinski definition) is 2. The Morgan fingerprint density at radius 1 is 1.21 bits per heavy atom. The summed E-state index contributed by atoms with van der Waals surface area (Å²) in [5, 5.41) is 3.14. The Morgan fingerprint density at radius 3 is 2.68 bits per heavy atom. The zero-order valence-electron chi connectivity index (χ0n) is 11.6. The first kappa shape index (κ1) is 13.3. The summed E-state index contributed by atoms with van der Waals surface area (Å²) < 4.78 is 0. The van der Waals surface area contributed by atoms with Crippen LogP contribution in [0.15, 0.2) is 29.1 Å². The van der Waals surface area contributed by atoms with Crippen molar-refractivity contribution < 1.29 is 0 Å². The molecule has 0 atom stereocenters. The molecule has 0 saturated heterocycles. The SMILES string of the molecule is CCCc1cc(=O)[nH]c(Nc2ccc(C)c(C)c2)n1. The number of nitrogens with one attached hydrogen (secondary N) is 2. The quantitative estimate of drug-likeness (QED) is 0.885. The number of rotatable bonds is 4. The van der Waals surface area contributed by atoms with Gasteiger partial charge in [-0.1, -0.05) is 19.4 Å². The van der Waals surface area contributed by atoms with Crippen LogP contribution in [0, 0.1) is 13.8 Å². The molecule has 0 bridgehead atoms. The third-order valence-corrected chi connectivity index (χ3v) is 3.07. The van der Waals surface area contributed by atoms with Gasteiger partial charge in [0.15, 0.2) is 0 Å². The van der Waals surface area contributed by atoms with Gasteiger partial charge < -0.3 is 5.32 Å². The number of hydrogen-bond acceptors (Lipinski definition) is 3. The Morgan fingerprint density at radius 2 is 2.00 bits per heavy atom. The van der Waals surface area contributed by atoms with E-state index in [0.29, 0.717) is 5.95 Å². The summed E-state index contributed by atoms with van der Waals surface area (Å²) in [6.07, 6.45) is 1.78. The fourth-order valence-corrected chi connectivity index (χ4v) is 1.91. The second-order valence-corrected chi connectivity index (χ2v) is 4.76. The first-order valence-electron chi connectivity index (χ1n) is 6.53. The van der Waals surface area contributed by atoms with Crippen LogP contribution in [-0.4, -0.2) is 9.97 Å². The fraction of sp³-hybridized carbons (Fsp3) is 0.333. The first-order chi connectivity index (χ1) is 9.08. The van der Waals surface area contributed by atoms with Crippen LogP contribution in [0.1, 0.15) is 30.2 Å². The standard InChI is InChI=1S/C15H19N3O/c1-4-5-12-9-14(19)18-15(16-12)17-13-7-6-10(2)11(3)8-13/h6-9H,4-5H2,1-3H3,(H2,16,17,18,19). The Labute approximate surface area is 112 Å². The second-order valence-electron chi connectivity index (χ2n) is 4.76.